The van der Waals surface area contributed by atoms with Gasteiger partial charge in [-0.25, -0.2) is 13.1 Å². The smallest absolute Gasteiger partial charge is 0.249 e. The molecular weight excluding hydrogens is 264 g/mol. The number of amides is 1. The lowest BCUT2D eigenvalue weighted by molar-refractivity contribution is 0.0999. The highest BCUT2D eigenvalue weighted by Crippen LogP contribution is 2.15. The lowest BCUT2D eigenvalue weighted by Crippen LogP contribution is -2.25. The van der Waals surface area contributed by atoms with Crippen molar-refractivity contribution in [3.63, 3.8) is 0 Å². The largest absolute Gasteiger partial charge is 0.366 e. The van der Waals surface area contributed by atoms with E-state index in [1.165, 1.54) is 12.1 Å². The Hall–Kier alpha value is -1.40. The maximum absolute atomic E-state index is 12.0. The molecule has 1 aromatic rings. The van der Waals surface area contributed by atoms with Gasteiger partial charge in [0, 0.05) is 12.1 Å². The number of sulfonamides is 1. The number of primary amides is 1. The maximum Gasteiger partial charge on any atom is 0.249 e. The molecule has 0 unspecified atom stereocenters. The van der Waals surface area contributed by atoms with Crippen molar-refractivity contribution in [3.05, 3.63) is 29.3 Å². The third-order valence-electron chi connectivity index (χ3n) is 2.86. The summed E-state index contributed by atoms with van der Waals surface area (Å²) in [6.45, 7) is 4.16. The Labute approximate surface area is 114 Å². The van der Waals surface area contributed by atoms with E-state index >= 15 is 0 Å². The predicted molar refractivity (Wildman–Crippen MR) is 74.4 cm³/mol. The van der Waals surface area contributed by atoms with E-state index in [4.69, 9.17) is 5.73 Å². The molecule has 1 rings (SSSR count). The highest BCUT2D eigenvalue weighted by atomic mass is 32.2. The molecule has 1 amide bonds. The van der Waals surface area contributed by atoms with Crippen LogP contribution in [0.5, 0.6) is 0 Å². The summed E-state index contributed by atoms with van der Waals surface area (Å²) in [6.07, 6.45) is 2.80. The second-order valence-corrected chi connectivity index (χ2v) is 6.21. The number of nitrogens with two attached hydrogens (primary N) is 1. The van der Waals surface area contributed by atoms with Gasteiger partial charge in [0.15, 0.2) is 0 Å². The fourth-order valence-electron chi connectivity index (χ4n) is 1.70. The summed E-state index contributed by atoms with van der Waals surface area (Å²) in [5.74, 6) is -0.625. The van der Waals surface area contributed by atoms with Crippen LogP contribution in [-0.4, -0.2) is 20.9 Å². The zero-order chi connectivity index (χ0) is 14.5. The van der Waals surface area contributed by atoms with Crippen molar-refractivity contribution < 1.29 is 13.2 Å². The van der Waals surface area contributed by atoms with Crippen LogP contribution < -0.4 is 10.5 Å². The number of aryl methyl sites for hydroxylation is 1. The molecule has 0 aliphatic heterocycles. The van der Waals surface area contributed by atoms with Gasteiger partial charge in [-0.05, 0) is 31.0 Å². The number of carbonyl (C=O) groups is 1. The summed E-state index contributed by atoms with van der Waals surface area (Å²) < 4.78 is 26.6. The third-order valence-corrected chi connectivity index (χ3v) is 4.32. The number of unbranched alkanes of at least 4 members (excludes halogenated alkanes) is 2. The summed E-state index contributed by atoms with van der Waals surface area (Å²) in [4.78, 5) is 11.3. The molecule has 0 fully saturated rings. The average Bonchev–Trinajstić information content (AvgIpc) is 2.34. The monoisotopic (exact) mass is 284 g/mol. The fourth-order valence-corrected chi connectivity index (χ4v) is 2.80. The Balaban J connectivity index is 2.89. The van der Waals surface area contributed by atoms with Crippen LogP contribution in [0.4, 0.5) is 0 Å². The van der Waals surface area contributed by atoms with Crippen LogP contribution in [0.25, 0.3) is 0 Å². The van der Waals surface area contributed by atoms with Crippen molar-refractivity contribution in [2.75, 3.05) is 6.54 Å². The minimum Gasteiger partial charge on any atom is -0.366 e. The standard InChI is InChI=1S/C13H20N2O3S/c1-3-4-5-8-15-19(17,18)11-7-6-10(2)12(9-11)13(14)16/h6-7,9,15H,3-5,8H2,1-2H3,(H2,14,16). The Morgan fingerprint density at radius 1 is 1.32 bits per heavy atom. The summed E-state index contributed by atoms with van der Waals surface area (Å²) in [5, 5.41) is 0. The van der Waals surface area contributed by atoms with E-state index in [0.717, 1.165) is 19.3 Å². The number of hydrogen-bond acceptors (Lipinski definition) is 3. The highest BCUT2D eigenvalue weighted by Gasteiger charge is 2.16. The quantitative estimate of drug-likeness (QED) is 0.745. The second kappa shape index (κ2) is 6.68. The maximum atomic E-state index is 12.0. The van der Waals surface area contributed by atoms with Crippen LogP contribution in [0.1, 0.15) is 42.1 Å². The summed E-state index contributed by atoms with van der Waals surface area (Å²) in [7, 11) is -3.57. The number of carbonyl (C=O) groups excluding carboxylic acids is 1. The van der Waals surface area contributed by atoms with E-state index in [0.29, 0.717) is 12.1 Å². The van der Waals surface area contributed by atoms with Crippen LogP contribution in [0, 0.1) is 6.92 Å². The number of nitrogens with one attached hydrogen (secondary N) is 1. The van der Waals surface area contributed by atoms with E-state index < -0.39 is 15.9 Å². The van der Waals surface area contributed by atoms with Crippen molar-refractivity contribution >= 4 is 15.9 Å². The normalized spacial score (nSPS) is 11.5. The van der Waals surface area contributed by atoms with E-state index in [2.05, 4.69) is 4.72 Å². The topological polar surface area (TPSA) is 89.3 Å². The molecule has 0 aromatic heterocycles. The summed E-state index contributed by atoms with van der Waals surface area (Å²) in [6, 6.07) is 4.38. The zero-order valence-corrected chi connectivity index (χ0v) is 12.1. The van der Waals surface area contributed by atoms with Gasteiger partial charge in [-0.2, -0.15) is 0 Å². The summed E-state index contributed by atoms with van der Waals surface area (Å²) in [5.41, 5.74) is 6.11. The molecule has 1 aromatic carbocycles. The molecule has 0 atom stereocenters. The van der Waals surface area contributed by atoms with Crippen LogP contribution in [0.3, 0.4) is 0 Å². The SMILES string of the molecule is CCCCCNS(=O)(=O)c1ccc(C)c(C(N)=O)c1. The Morgan fingerprint density at radius 3 is 2.58 bits per heavy atom. The van der Waals surface area contributed by atoms with Crippen molar-refractivity contribution in [3.8, 4) is 0 Å². The number of rotatable bonds is 7. The first-order valence-corrected chi connectivity index (χ1v) is 7.77. The molecular formula is C13H20N2O3S. The lowest BCUT2D eigenvalue weighted by atomic mass is 10.1. The highest BCUT2D eigenvalue weighted by molar-refractivity contribution is 7.89. The fraction of sp³-hybridized carbons (Fsp3) is 0.462. The minimum absolute atomic E-state index is 0.0726. The van der Waals surface area contributed by atoms with Crippen molar-refractivity contribution in [2.24, 2.45) is 5.73 Å². The van der Waals surface area contributed by atoms with Gasteiger partial charge >= 0.3 is 0 Å². The van der Waals surface area contributed by atoms with Crippen molar-refractivity contribution in [1.82, 2.24) is 4.72 Å². The van der Waals surface area contributed by atoms with Crippen LogP contribution in [0.2, 0.25) is 0 Å². The number of benzene rings is 1. The van der Waals surface area contributed by atoms with Crippen LogP contribution >= 0.6 is 0 Å². The van der Waals surface area contributed by atoms with Gasteiger partial charge in [0.1, 0.15) is 0 Å². The first-order valence-electron chi connectivity index (χ1n) is 6.28. The van der Waals surface area contributed by atoms with E-state index in [9.17, 15) is 13.2 Å². The molecule has 3 N–H and O–H groups in total. The zero-order valence-electron chi connectivity index (χ0n) is 11.3. The van der Waals surface area contributed by atoms with E-state index in [1.807, 2.05) is 6.92 Å². The molecule has 6 heteroatoms. The number of hydrogen-bond donors (Lipinski definition) is 2. The molecule has 0 saturated carbocycles. The minimum atomic E-state index is -3.57. The van der Waals surface area contributed by atoms with Gasteiger partial charge in [-0.1, -0.05) is 25.8 Å². The van der Waals surface area contributed by atoms with Crippen LogP contribution in [-0.2, 0) is 10.0 Å². The van der Waals surface area contributed by atoms with E-state index in [-0.39, 0.29) is 10.5 Å². The molecule has 0 radical (unpaired) electrons. The molecule has 0 saturated heterocycles. The van der Waals surface area contributed by atoms with E-state index in [1.54, 1.807) is 13.0 Å². The molecule has 0 spiro atoms. The molecule has 106 valence electrons. The van der Waals surface area contributed by atoms with Gasteiger partial charge in [0.05, 0.1) is 4.90 Å². The van der Waals surface area contributed by atoms with Crippen molar-refractivity contribution in [1.29, 1.82) is 0 Å². The van der Waals surface area contributed by atoms with Gasteiger partial charge in [-0.3, -0.25) is 4.79 Å². The Kier molecular flexibility index (Phi) is 5.50. The molecule has 0 bridgehead atoms. The van der Waals surface area contributed by atoms with Gasteiger partial charge < -0.3 is 5.73 Å². The molecule has 19 heavy (non-hydrogen) atoms. The second-order valence-electron chi connectivity index (χ2n) is 4.45. The molecule has 0 heterocycles. The first kappa shape index (κ1) is 15.7. The Bertz CT molecular complexity index is 553. The predicted octanol–water partition coefficient (Wildman–Crippen LogP) is 1.56. The molecule has 0 aliphatic carbocycles. The first-order chi connectivity index (χ1) is 8.88. The van der Waals surface area contributed by atoms with Crippen molar-refractivity contribution in [2.45, 2.75) is 38.0 Å². The Morgan fingerprint density at radius 2 is 2.00 bits per heavy atom. The lowest BCUT2D eigenvalue weighted by Gasteiger charge is -2.08. The third kappa shape index (κ3) is 4.33. The summed E-state index contributed by atoms with van der Waals surface area (Å²) >= 11 is 0. The van der Waals surface area contributed by atoms with Gasteiger partial charge in [-0.15, -0.1) is 0 Å². The molecule has 5 nitrogen and oxygen atoms in total. The average molecular weight is 284 g/mol. The van der Waals surface area contributed by atoms with Gasteiger partial charge in [0.25, 0.3) is 0 Å². The van der Waals surface area contributed by atoms with Crippen LogP contribution in [0.15, 0.2) is 23.1 Å². The molecule has 0 aliphatic rings. The van der Waals surface area contributed by atoms with Gasteiger partial charge in [0.2, 0.25) is 15.9 Å².